The lowest BCUT2D eigenvalue weighted by Gasteiger charge is -2.40. The number of aromatic nitrogens is 2. The predicted molar refractivity (Wildman–Crippen MR) is 174 cm³/mol. The standard InChI is InChI=1S/C35H33N5O4S/c41-32(29-22-26-14-7-8-16-28(26)37-29)38-30(23-45-33-27(35(43)44)15-9-17-36-33)34(42)40-20-18-39(19-21-40)31(24-10-3-1-4-11-24)25-12-5-2-6-13-25/h1-17,22,30-31,37H,18-21,23H2,(H,38,41)(H,43,44)/t30-/m1/s1. The van der Waals surface area contributed by atoms with E-state index in [-0.39, 0.29) is 23.3 Å². The Morgan fingerprint density at radius 1 is 0.844 bits per heavy atom. The Morgan fingerprint density at radius 2 is 1.49 bits per heavy atom. The van der Waals surface area contributed by atoms with Gasteiger partial charge in [0.15, 0.2) is 0 Å². The van der Waals surface area contributed by atoms with Crippen LogP contribution in [0.1, 0.15) is 38.0 Å². The third-order valence-corrected chi connectivity index (χ3v) is 9.09. The Labute approximate surface area is 265 Å². The zero-order valence-corrected chi connectivity index (χ0v) is 25.3. The van der Waals surface area contributed by atoms with E-state index in [4.69, 9.17) is 0 Å². The molecule has 3 aromatic carbocycles. The molecular formula is C35H33N5O4S. The largest absolute Gasteiger partial charge is 0.478 e. The summed E-state index contributed by atoms with van der Waals surface area (Å²) >= 11 is 1.14. The van der Waals surface area contributed by atoms with Crippen molar-refractivity contribution in [2.24, 2.45) is 0 Å². The first-order valence-electron chi connectivity index (χ1n) is 14.8. The van der Waals surface area contributed by atoms with Gasteiger partial charge in [-0.2, -0.15) is 0 Å². The highest BCUT2D eigenvalue weighted by Crippen LogP contribution is 2.30. The van der Waals surface area contributed by atoms with Crippen molar-refractivity contribution < 1.29 is 19.5 Å². The Bertz CT molecular complexity index is 1720. The van der Waals surface area contributed by atoms with E-state index in [2.05, 4.69) is 44.5 Å². The maximum Gasteiger partial charge on any atom is 0.338 e. The quantitative estimate of drug-likeness (QED) is 0.187. The highest BCUT2D eigenvalue weighted by Gasteiger charge is 2.32. The fraction of sp³-hybridized carbons (Fsp3) is 0.200. The number of carbonyl (C=O) groups excluding carboxylic acids is 2. The molecule has 1 saturated heterocycles. The van der Waals surface area contributed by atoms with Gasteiger partial charge in [0.25, 0.3) is 5.91 Å². The minimum Gasteiger partial charge on any atom is -0.478 e. The van der Waals surface area contributed by atoms with Gasteiger partial charge in [0.1, 0.15) is 16.8 Å². The van der Waals surface area contributed by atoms with Crippen LogP contribution >= 0.6 is 11.8 Å². The lowest BCUT2D eigenvalue weighted by Crippen LogP contribution is -2.56. The topological polar surface area (TPSA) is 119 Å². The molecule has 0 saturated carbocycles. The van der Waals surface area contributed by atoms with Crippen LogP contribution in [0, 0.1) is 0 Å². The number of H-pyrrole nitrogens is 1. The molecule has 3 N–H and O–H groups in total. The zero-order valence-electron chi connectivity index (χ0n) is 24.5. The van der Waals surface area contributed by atoms with Gasteiger partial charge in [0, 0.05) is 49.0 Å². The zero-order chi connectivity index (χ0) is 31.2. The lowest BCUT2D eigenvalue weighted by atomic mass is 9.96. The molecule has 9 nitrogen and oxygen atoms in total. The number of piperazine rings is 1. The summed E-state index contributed by atoms with van der Waals surface area (Å²) in [5.74, 6) is -1.59. The number of pyridine rings is 1. The maximum atomic E-state index is 14.0. The van der Waals surface area contributed by atoms with Crippen LogP contribution < -0.4 is 5.32 Å². The predicted octanol–water partition coefficient (Wildman–Crippen LogP) is 5.09. The number of amides is 2. The number of hydrogen-bond acceptors (Lipinski definition) is 6. The minimum atomic E-state index is -1.10. The first-order chi connectivity index (χ1) is 22.0. The smallest absolute Gasteiger partial charge is 0.338 e. The second kappa shape index (κ2) is 13.8. The molecule has 2 aromatic heterocycles. The second-order valence-electron chi connectivity index (χ2n) is 10.9. The number of aromatic carboxylic acids is 1. The van der Waals surface area contributed by atoms with E-state index >= 15 is 0 Å². The van der Waals surface area contributed by atoms with Crippen molar-refractivity contribution in [3.8, 4) is 0 Å². The number of nitrogens with zero attached hydrogens (tertiary/aromatic N) is 3. The summed E-state index contributed by atoms with van der Waals surface area (Å²) < 4.78 is 0. The number of carboxylic acids is 1. The Morgan fingerprint density at radius 3 is 2.13 bits per heavy atom. The van der Waals surface area contributed by atoms with Crippen LogP contribution in [0.5, 0.6) is 0 Å². The number of nitrogens with one attached hydrogen (secondary N) is 2. The van der Waals surface area contributed by atoms with E-state index in [9.17, 15) is 19.5 Å². The Hall–Kier alpha value is -4.93. The summed E-state index contributed by atoms with van der Waals surface area (Å²) in [7, 11) is 0. The van der Waals surface area contributed by atoms with Crippen molar-refractivity contribution in [1.82, 2.24) is 25.1 Å². The van der Waals surface area contributed by atoms with E-state index in [1.807, 2.05) is 60.7 Å². The molecule has 2 amide bonds. The van der Waals surface area contributed by atoms with Crippen molar-refractivity contribution in [2.75, 3.05) is 31.9 Å². The molecule has 1 aliphatic rings. The molecule has 228 valence electrons. The maximum absolute atomic E-state index is 14.0. The van der Waals surface area contributed by atoms with Gasteiger partial charge in [-0.1, -0.05) is 78.9 Å². The van der Waals surface area contributed by atoms with Crippen LogP contribution in [-0.4, -0.2) is 80.6 Å². The number of para-hydroxylation sites is 1. The number of hydrogen-bond donors (Lipinski definition) is 3. The second-order valence-corrected chi connectivity index (χ2v) is 11.9. The van der Waals surface area contributed by atoms with Crippen molar-refractivity contribution in [3.05, 3.63) is 132 Å². The molecule has 6 rings (SSSR count). The van der Waals surface area contributed by atoms with Crippen molar-refractivity contribution in [2.45, 2.75) is 17.1 Å². The normalized spacial score (nSPS) is 14.4. The van der Waals surface area contributed by atoms with E-state index < -0.39 is 17.9 Å². The monoisotopic (exact) mass is 619 g/mol. The van der Waals surface area contributed by atoms with E-state index in [0.29, 0.717) is 36.9 Å². The lowest BCUT2D eigenvalue weighted by molar-refractivity contribution is -0.134. The molecule has 0 bridgehead atoms. The number of benzene rings is 3. The molecule has 0 spiro atoms. The molecule has 5 aromatic rings. The van der Waals surface area contributed by atoms with Gasteiger partial charge in [-0.25, -0.2) is 9.78 Å². The van der Waals surface area contributed by atoms with Gasteiger partial charge < -0.3 is 20.3 Å². The summed E-state index contributed by atoms with van der Waals surface area (Å²) in [5, 5.41) is 13.7. The number of fused-ring (bicyclic) bond motifs is 1. The van der Waals surface area contributed by atoms with Crippen LogP contribution in [0.25, 0.3) is 10.9 Å². The molecule has 0 unspecified atom stereocenters. The third kappa shape index (κ3) is 6.92. The first kappa shape index (κ1) is 30.1. The Kier molecular flexibility index (Phi) is 9.23. The molecule has 10 heteroatoms. The molecule has 3 heterocycles. The molecule has 0 aliphatic carbocycles. The minimum absolute atomic E-state index is 0.0521. The first-order valence-corrected chi connectivity index (χ1v) is 15.8. The van der Waals surface area contributed by atoms with Crippen LogP contribution in [-0.2, 0) is 4.79 Å². The number of aromatic amines is 1. The van der Waals surface area contributed by atoms with Crippen molar-refractivity contribution >= 4 is 40.4 Å². The summed E-state index contributed by atoms with van der Waals surface area (Å²) in [6, 6.07) is 32.2. The van der Waals surface area contributed by atoms with Gasteiger partial charge in [0.05, 0.1) is 11.6 Å². The molecular weight excluding hydrogens is 586 g/mol. The van der Waals surface area contributed by atoms with Crippen molar-refractivity contribution in [1.29, 1.82) is 0 Å². The third-order valence-electron chi connectivity index (χ3n) is 7.99. The fourth-order valence-electron chi connectivity index (χ4n) is 5.74. The number of rotatable bonds is 10. The van der Waals surface area contributed by atoms with Gasteiger partial charge in [-0.05, 0) is 35.4 Å². The van der Waals surface area contributed by atoms with Gasteiger partial charge >= 0.3 is 5.97 Å². The summed E-state index contributed by atoms with van der Waals surface area (Å²) in [6.07, 6.45) is 1.52. The van der Waals surface area contributed by atoms with E-state index in [0.717, 1.165) is 22.7 Å². The van der Waals surface area contributed by atoms with Crippen LogP contribution in [0.15, 0.2) is 114 Å². The highest BCUT2D eigenvalue weighted by atomic mass is 32.2. The van der Waals surface area contributed by atoms with Gasteiger partial charge in [-0.3, -0.25) is 14.5 Å². The molecule has 1 atom stereocenters. The van der Waals surface area contributed by atoms with E-state index in [1.165, 1.54) is 23.4 Å². The summed E-state index contributed by atoms with van der Waals surface area (Å²) in [4.78, 5) is 50.7. The number of thioether (sulfide) groups is 1. The highest BCUT2D eigenvalue weighted by molar-refractivity contribution is 7.99. The molecule has 45 heavy (non-hydrogen) atoms. The van der Waals surface area contributed by atoms with E-state index in [1.54, 1.807) is 17.0 Å². The molecule has 1 fully saturated rings. The number of carboxylic acid groups (broad SMARTS) is 1. The SMILES string of the molecule is O=C(N[C@H](CSc1ncccc1C(=O)O)C(=O)N1CCN(C(c2ccccc2)c2ccccc2)CC1)c1cc2ccccc2[nH]1. The average Bonchev–Trinajstić information content (AvgIpc) is 3.53. The van der Waals surface area contributed by atoms with Gasteiger partial charge in [0.2, 0.25) is 5.91 Å². The molecule has 0 radical (unpaired) electrons. The fourth-order valence-corrected chi connectivity index (χ4v) is 6.74. The Balaban J connectivity index is 1.20. The van der Waals surface area contributed by atoms with Crippen LogP contribution in [0.3, 0.4) is 0 Å². The van der Waals surface area contributed by atoms with Crippen LogP contribution in [0.4, 0.5) is 0 Å². The average molecular weight is 620 g/mol. The summed E-state index contributed by atoms with van der Waals surface area (Å²) in [6.45, 7) is 2.28. The van der Waals surface area contributed by atoms with Crippen molar-refractivity contribution in [3.63, 3.8) is 0 Å². The molecule has 1 aliphatic heterocycles. The number of carbonyl (C=O) groups is 3. The summed E-state index contributed by atoms with van der Waals surface area (Å²) in [5.41, 5.74) is 3.60. The van der Waals surface area contributed by atoms with Crippen LogP contribution in [0.2, 0.25) is 0 Å². The van der Waals surface area contributed by atoms with Gasteiger partial charge in [-0.15, -0.1) is 11.8 Å².